The van der Waals surface area contributed by atoms with Crippen molar-refractivity contribution in [3.63, 3.8) is 0 Å². The number of carbonyl (C=O) groups is 2. The van der Waals surface area contributed by atoms with Crippen LogP contribution in [0.25, 0.3) is 0 Å². The van der Waals surface area contributed by atoms with Crippen LogP contribution in [0.5, 0.6) is 0 Å². The molecule has 2 N–H and O–H groups in total. The van der Waals surface area contributed by atoms with Gasteiger partial charge in [-0.25, -0.2) is 4.79 Å². The Labute approximate surface area is 254 Å². The van der Waals surface area contributed by atoms with Gasteiger partial charge in [-0.15, -0.1) is 0 Å². The lowest BCUT2D eigenvalue weighted by atomic mass is 9.47. The molecule has 4 rings (SSSR count). The summed E-state index contributed by atoms with van der Waals surface area (Å²) in [5.41, 5.74) is 2.30. The van der Waals surface area contributed by atoms with Crippen LogP contribution in [-0.2, 0) is 19.0 Å². The largest absolute Gasteiger partial charge is 0.481 e. The summed E-state index contributed by atoms with van der Waals surface area (Å²) in [7, 11) is 0. The molecule has 0 spiro atoms. The van der Waals surface area contributed by atoms with Crippen LogP contribution in [-0.4, -0.2) is 56.2 Å². The molecule has 0 bridgehead atoms. The van der Waals surface area contributed by atoms with Crippen LogP contribution in [0.4, 0.5) is 4.79 Å². The zero-order chi connectivity index (χ0) is 30.3. The topological polar surface area (TPSA) is 94.1 Å². The summed E-state index contributed by atoms with van der Waals surface area (Å²) in [4.78, 5) is 22.9. The van der Waals surface area contributed by atoms with Crippen LogP contribution in [0.1, 0.15) is 112 Å². The number of carbonyl (C=O) groups excluding carboxylic acids is 1. The Morgan fingerprint density at radius 2 is 1.74 bits per heavy atom. The molecule has 0 aromatic heterocycles. The van der Waals surface area contributed by atoms with Crippen LogP contribution in [0.2, 0.25) is 0 Å². The van der Waals surface area contributed by atoms with E-state index in [0.717, 1.165) is 54.8 Å². The molecule has 0 aromatic carbocycles. The molecule has 7 nitrogen and oxygen atoms in total. The van der Waals surface area contributed by atoms with Gasteiger partial charge in [-0.1, -0.05) is 65.5 Å². The number of alkyl carbamates (subject to hydrolysis) is 1. The van der Waals surface area contributed by atoms with Gasteiger partial charge in [-0.05, 0) is 91.3 Å². The van der Waals surface area contributed by atoms with Gasteiger partial charge in [-0.3, -0.25) is 4.79 Å². The zero-order valence-electron chi connectivity index (χ0n) is 27.1. The Kier molecular flexibility index (Phi) is 11.8. The molecule has 3 fully saturated rings. The number of carboxylic acid groups (broad SMARTS) is 1. The normalized spacial score (nSPS) is 34.6. The number of fused-ring (bicyclic) bond motifs is 5. The Hall–Kier alpha value is -1.60. The molecule has 8 atom stereocenters. The zero-order valence-corrected chi connectivity index (χ0v) is 27.1. The molecule has 240 valence electrons. The van der Waals surface area contributed by atoms with Crippen molar-refractivity contribution in [2.75, 3.05) is 33.0 Å². The van der Waals surface area contributed by atoms with Gasteiger partial charge >= 0.3 is 12.1 Å². The van der Waals surface area contributed by atoms with Gasteiger partial charge in [0.15, 0.2) is 0 Å². The first-order chi connectivity index (χ1) is 20.0. The molecule has 1 amide bonds. The van der Waals surface area contributed by atoms with Crippen LogP contribution in [0.3, 0.4) is 0 Å². The summed E-state index contributed by atoms with van der Waals surface area (Å²) in [6.07, 6.45) is 16.0. The Morgan fingerprint density at radius 1 is 0.976 bits per heavy atom. The molecule has 0 radical (unpaired) electrons. The maximum atomic E-state index is 12.5. The fraction of sp³-hybridized carbons (Fsp3) is 0.886. The number of hydrogen-bond donors (Lipinski definition) is 2. The molecule has 4 aliphatic carbocycles. The van der Waals surface area contributed by atoms with Crippen LogP contribution in [0, 0.1) is 46.3 Å². The SMILES string of the molecule is CC(C)CCC[C@@H](C)C1CCC2C3CC=C4C[C@@H](OC(=O)NCCOCCOCCC(=O)O)CC[C@]4(C)C3CC[C@@]21C. The monoisotopic (exact) mass is 589 g/mol. The van der Waals surface area contributed by atoms with E-state index in [-0.39, 0.29) is 30.6 Å². The third-order valence-electron chi connectivity index (χ3n) is 11.9. The summed E-state index contributed by atoms with van der Waals surface area (Å²) in [6, 6.07) is 0. The maximum absolute atomic E-state index is 12.5. The standard InChI is InChI=1S/C35H59NO6/c1-24(2)7-6-8-25(3)29-11-12-30-28-10-9-26-23-27(13-16-34(26,4)31(28)14-17-35(29,30)5)42-33(39)36-18-20-41-22-21-40-19-15-32(37)38/h9,24-25,27-31H,6-8,10-23H2,1-5H3,(H,36,39)(H,37,38)/t25-,27+,28?,29?,30?,31?,34+,35-/m1/s1. The van der Waals surface area contributed by atoms with Crippen molar-refractivity contribution in [3.05, 3.63) is 11.6 Å². The maximum Gasteiger partial charge on any atom is 0.407 e. The van der Waals surface area contributed by atoms with Gasteiger partial charge in [-0.2, -0.15) is 0 Å². The number of allylic oxidation sites excluding steroid dienone is 1. The Bertz CT molecular complexity index is 934. The number of nitrogens with one attached hydrogen (secondary N) is 1. The van der Waals surface area contributed by atoms with Crippen molar-refractivity contribution in [1.82, 2.24) is 5.32 Å². The second-order valence-corrected chi connectivity index (χ2v) is 14.9. The van der Waals surface area contributed by atoms with E-state index in [1.807, 2.05) is 0 Å². The molecule has 3 saturated carbocycles. The van der Waals surface area contributed by atoms with Gasteiger partial charge in [0, 0.05) is 13.0 Å². The molecule has 7 heteroatoms. The van der Waals surface area contributed by atoms with E-state index in [9.17, 15) is 9.59 Å². The minimum Gasteiger partial charge on any atom is -0.481 e. The van der Waals surface area contributed by atoms with E-state index in [1.165, 1.54) is 51.4 Å². The number of aliphatic carboxylic acids is 1. The summed E-state index contributed by atoms with van der Waals surface area (Å²) in [6.45, 7) is 14.1. The average Bonchev–Trinajstić information content (AvgIpc) is 3.29. The van der Waals surface area contributed by atoms with Gasteiger partial charge < -0.3 is 24.6 Å². The van der Waals surface area contributed by atoms with E-state index in [1.54, 1.807) is 5.57 Å². The minimum atomic E-state index is -0.873. The van der Waals surface area contributed by atoms with E-state index in [4.69, 9.17) is 19.3 Å². The predicted octanol–water partition coefficient (Wildman–Crippen LogP) is 7.63. The first kappa shape index (κ1) is 33.3. The minimum absolute atomic E-state index is 0.00957. The first-order valence-electron chi connectivity index (χ1n) is 17.1. The molecule has 0 aliphatic heterocycles. The highest BCUT2D eigenvalue weighted by Gasteiger charge is 2.59. The lowest BCUT2D eigenvalue weighted by Crippen LogP contribution is -2.51. The summed E-state index contributed by atoms with van der Waals surface area (Å²) in [5, 5.41) is 11.4. The third kappa shape index (κ3) is 7.91. The fourth-order valence-electron chi connectivity index (χ4n) is 9.65. The molecule has 4 aliphatic rings. The lowest BCUT2D eigenvalue weighted by Gasteiger charge is -2.58. The molecular formula is C35H59NO6. The van der Waals surface area contributed by atoms with E-state index < -0.39 is 5.97 Å². The Balaban J connectivity index is 1.22. The molecular weight excluding hydrogens is 530 g/mol. The van der Waals surface area contributed by atoms with E-state index in [0.29, 0.717) is 31.8 Å². The fourth-order valence-corrected chi connectivity index (χ4v) is 9.65. The predicted molar refractivity (Wildman–Crippen MR) is 165 cm³/mol. The second kappa shape index (κ2) is 14.9. The van der Waals surface area contributed by atoms with E-state index in [2.05, 4.69) is 46.0 Å². The molecule has 42 heavy (non-hydrogen) atoms. The van der Waals surface area contributed by atoms with Crippen molar-refractivity contribution in [2.24, 2.45) is 46.3 Å². The number of ether oxygens (including phenoxy) is 3. The number of rotatable bonds is 15. The molecule has 0 heterocycles. The van der Waals surface area contributed by atoms with Crippen molar-refractivity contribution in [2.45, 2.75) is 118 Å². The number of hydrogen-bond acceptors (Lipinski definition) is 5. The first-order valence-corrected chi connectivity index (χ1v) is 17.1. The van der Waals surface area contributed by atoms with Gasteiger partial charge in [0.2, 0.25) is 0 Å². The average molecular weight is 590 g/mol. The lowest BCUT2D eigenvalue weighted by molar-refractivity contribution is -0.138. The number of carboxylic acids is 1. The van der Waals surface area contributed by atoms with Crippen LogP contribution in [0.15, 0.2) is 11.6 Å². The van der Waals surface area contributed by atoms with Crippen molar-refractivity contribution < 1.29 is 28.9 Å². The highest BCUT2D eigenvalue weighted by atomic mass is 16.6. The summed E-state index contributed by atoms with van der Waals surface area (Å²) in [5.74, 6) is 4.12. The van der Waals surface area contributed by atoms with Crippen LogP contribution >= 0.6 is 0 Å². The third-order valence-corrected chi connectivity index (χ3v) is 11.9. The molecule has 4 unspecified atom stereocenters. The van der Waals surface area contributed by atoms with Gasteiger partial charge in [0.05, 0.1) is 32.8 Å². The highest BCUT2D eigenvalue weighted by molar-refractivity contribution is 5.67. The highest BCUT2D eigenvalue weighted by Crippen LogP contribution is 2.67. The smallest absolute Gasteiger partial charge is 0.407 e. The summed E-state index contributed by atoms with van der Waals surface area (Å²) < 4.78 is 16.5. The number of amides is 1. The van der Waals surface area contributed by atoms with Crippen LogP contribution < -0.4 is 5.32 Å². The van der Waals surface area contributed by atoms with Crippen molar-refractivity contribution in [3.8, 4) is 0 Å². The quantitative estimate of drug-likeness (QED) is 0.151. The second-order valence-electron chi connectivity index (χ2n) is 14.9. The van der Waals surface area contributed by atoms with Crippen molar-refractivity contribution >= 4 is 12.1 Å². The van der Waals surface area contributed by atoms with E-state index >= 15 is 0 Å². The van der Waals surface area contributed by atoms with Crippen molar-refractivity contribution in [1.29, 1.82) is 0 Å². The Morgan fingerprint density at radius 3 is 2.48 bits per heavy atom. The summed E-state index contributed by atoms with van der Waals surface area (Å²) >= 11 is 0. The molecule has 0 saturated heterocycles. The van der Waals surface area contributed by atoms with Gasteiger partial charge in [0.1, 0.15) is 6.10 Å². The molecule has 0 aromatic rings. The van der Waals surface area contributed by atoms with Gasteiger partial charge in [0.25, 0.3) is 0 Å².